The number of ether oxygens (including phenoxy) is 1. The van der Waals surface area contributed by atoms with Gasteiger partial charge in [0.1, 0.15) is 11.5 Å². The summed E-state index contributed by atoms with van der Waals surface area (Å²) < 4.78 is 6.05. The van der Waals surface area contributed by atoms with E-state index < -0.39 is 0 Å². The van der Waals surface area contributed by atoms with E-state index in [4.69, 9.17) is 10.5 Å². The Labute approximate surface area is 214 Å². The van der Waals surface area contributed by atoms with Gasteiger partial charge in [0.05, 0.1) is 0 Å². The Hall–Kier alpha value is -4.08. The van der Waals surface area contributed by atoms with E-state index in [1.807, 2.05) is 18.2 Å². The van der Waals surface area contributed by atoms with Crippen molar-refractivity contribution in [1.82, 2.24) is 0 Å². The van der Waals surface area contributed by atoms with Gasteiger partial charge < -0.3 is 15.4 Å². The second-order valence-corrected chi connectivity index (χ2v) is 9.26. The Balaban J connectivity index is 1.38. The van der Waals surface area contributed by atoms with E-state index in [1.54, 1.807) is 0 Å². The van der Waals surface area contributed by atoms with Crippen LogP contribution in [0.5, 0.6) is 5.75 Å². The average Bonchev–Trinajstić information content (AvgIpc) is 3.34. The summed E-state index contributed by atoms with van der Waals surface area (Å²) >= 11 is 0. The zero-order valence-corrected chi connectivity index (χ0v) is 20.7. The number of benzene rings is 3. The summed E-state index contributed by atoms with van der Waals surface area (Å²) in [5.74, 6) is 2.09. The number of nitrogens with zero attached hydrogens (tertiary/aromatic N) is 1. The van der Waals surface area contributed by atoms with Crippen molar-refractivity contribution >= 4 is 11.3 Å². The fourth-order valence-electron chi connectivity index (χ4n) is 4.79. The molecule has 36 heavy (non-hydrogen) atoms. The number of hydrogen-bond donors (Lipinski definition) is 1. The third kappa shape index (κ3) is 5.12. The Bertz CT molecular complexity index is 1380. The minimum Gasteiger partial charge on any atom is -0.461 e. The summed E-state index contributed by atoms with van der Waals surface area (Å²) in [6.45, 7) is 7.92. The maximum absolute atomic E-state index is 6.05. The van der Waals surface area contributed by atoms with Gasteiger partial charge in [0.15, 0.2) is 0 Å². The Morgan fingerprint density at radius 1 is 1.08 bits per heavy atom. The van der Waals surface area contributed by atoms with Gasteiger partial charge in [-0.2, -0.15) is 0 Å². The second-order valence-electron chi connectivity index (χ2n) is 9.26. The van der Waals surface area contributed by atoms with E-state index in [2.05, 4.69) is 109 Å². The Morgan fingerprint density at radius 3 is 2.72 bits per heavy atom. The third-order valence-electron chi connectivity index (χ3n) is 6.73. The van der Waals surface area contributed by atoms with Gasteiger partial charge in [-0.25, -0.2) is 0 Å². The topological polar surface area (TPSA) is 38.5 Å². The second kappa shape index (κ2) is 10.7. The number of allylic oxidation sites excluding steroid dienone is 7. The van der Waals surface area contributed by atoms with Gasteiger partial charge >= 0.3 is 0 Å². The lowest BCUT2D eigenvalue weighted by Crippen LogP contribution is -2.22. The monoisotopic (exact) mass is 472 g/mol. The first-order chi connectivity index (χ1) is 17.6. The van der Waals surface area contributed by atoms with Crippen molar-refractivity contribution in [1.29, 1.82) is 0 Å². The van der Waals surface area contributed by atoms with Crippen LogP contribution in [0.2, 0.25) is 0 Å². The molecule has 3 nitrogen and oxygen atoms in total. The molecule has 3 heteroatoms. The van der Waals surface area contributed by atoms with Crippen LogP contribution in [0, 0.1) is 0 Å². The highest BCUT2D eigenvalue weighted by atomic mass is 16.5. The molecular formula is C33H32N2O. The van der Waals surface area contributed by atoms with Crippen LogP contribution in [0.3, 0.4) is 0 Å². The van der Waals surface area contributed by atoms with Crippen LogP contribution < -0.4 is 15.4 Å². The average molecular weight is 473 g/mol. The standard InChI is InChI=1S/C33H32N2O/c1-24-20-28(27-11-4-3-5-12-27)13-9-19-35(32-16-7-6-15-31(24)32)25(2)10-8-14-30-22-29-18-17-26(23-34)21-33(29)36-30/h3-18,20-21,24H,2,19,22-23,34H2,1H3/b10-8-,13-9-,28-20+,30-14+. The Morgan fingerprint density at radius 2 is 1.89 bits per heavy atom. The molecule has 0 bridgehead atoms. The minimum atomic E-state index is 0.254. The molecule has 0 radical (unpaired) electrons. The molecule has 2 aliphatic rings. The first kappa shape index (κ1) is 23.7. The summed E-state index contributed by atoms with van der Waals surface area (Å²) in [4.78, 5) is 2.27. The zero-order valence-electron chi connectivity index (χ0n) is 20.7. The predicted molar refractivity (Wildman–Crippen MR) is 151 cm³/mol. The molecule has 2 N–H and O–H groups in total. The molecular weight excluding hydrogens is 440 g/mol. The molecule has 180 valence electrons. The van der Waals surface area contributed by atoms with Crippen LogP contribution in [-0.4, -0.2) is 6.54 Å². The highest BCUT2D eigenvalue weighted by Crippen LogP contribution is 2.35. The van der Waals surface area contributed by atoms with Crippen molar-refractivity contribution < 1.29 is 4.74 Å². The molecule has 1 unspecified atom stereocenters. The quantitative estimate of drug-likeness (QED) is 0.396. The molecule has 0 saturated carbocycles. The Kier molecular flexibility index (Phi) is 7.01. The molecule has 3 aromatic carbocycles. The van der Waals surface area contributed by atoms with E-state index in [0.29, 0.717) is 6.54 Å². The molecule has 2 heterocycles. The lowest BCUT2D eigenvalue weighted by Gasteiger charge is -2.27. The van der Waals surface area contributed by atoms with Gasteiger partial charge in [-0.1, -0.05) is 98.5 Å². The van der Waals surface area contributed by atoms with E-state index in [0.717, 1.165) is 35.7 Å². The van der Waals surface area contributed by atoms with Crippen LogP contribution in [0.4, 0.5) is 5.69 Å². The number of anilines is 1. The molecule has 0 spiro atoms. The number of hydrogen-bond acceptors (Lipinski definition) is 3. The number of para-hydroxylation sites is 1. The van der Waals surface area contributed by atoms with Gasteiger partial charge in [-0.15, -0.1) is 0 Å². The van der Waals surface area contributed by atoms with Crippen molar-refractivity contribution in [2.75, 3.05) is 11.4 Å². The van der Waals surface area contributed by atoms with E-state index in [-0.39, 0.29) is 5.92 Å². The predicted octanol–water partition coefficient (Wildman–Crippen LogP) is 7.30. The molecule has 1 atom stereocenters. The van der Waals surface area contributed by atoms with Crippen molar-refractivity contribution in [2.24, 2.45) is 5.73 Å². The van der Waals surface area contributed by atoms with Crippen molar-refractivity contribution in [2.45, 2.75) is 25.8 Å². The molecule has 0 saturated heterocycles. The van der Waals surface area contributed by atoms with E-state index in [9.17, 15) is 0 Å². The summed E-state index contributed by atoms with van der Waals surface area (Å²) in [5.41, 5.74) is 13.9. The van der Waals surface area contributed by atoms with Gasteiger partial charge in [-0.3, -0.25) is 0 Å². The van der Waals surface area contributed by atoms with E-state index >= 15 is 0 Å². The van der Waals surface area contributed by atoms with Gasteiger partial charge in [0, 0.05) is 42.4 Å². The van der Waals surface area contributed by atoms with Gasteiger partial charge in [0.25, 0.3) is 0 Å². The SMILES string of the molecule is C=C(/C=C\C=C1/Cc2ccc(CN)cc2O1)N1C/C=C\C(c2ccccc2)=C/C(C)c2ccccc21. The fraction of sp³-hybridized carbons (Fsp3) is 0.152. The van der Waals surface area contributed by atoms with Crippen LogP contribution >= 0.6 is 0 Å². The van der Waals surface area contributed by atoms with Crippen LogP contribution in [0.15, 0.2) is 127 Å². The minimum absolute atomic E-state index is 0.254. The highest BCUT2D eigenvalue weighted by Gasteiger charge is 2.18. The third-order valence-corrected chi connectivity index (χ3v) is 6.73. The normalized spacial score (nSPS) is 20.5. The zero-order chi connectivity index (χ0) is 24.9. The lowest BCUT2D eigenvalue weighted by molar-refractivity contribution is 0.446. The maximum Gasteiger partial charge on any atom is 0.130 e. The fourth-order valence-corrected chi connectivity index (χ4v) is 4.79. The summed E-state index contributed by atoms with van der Waals surface area (Å²) in [6, 6.07) is 25.4. The molecule has 2 aliphatic heterocycles. The maximum atomic E-state index is 6.05. The molecule has 0 fully saturated rings. The molecule has 0 amide bonds. The molecule has 3 aromatic rings. The highest BCUT2D eigenvalue weighted by molar-refractivity contribution is 5.76. The molecule has 0 aliphatic carbocycles. The number of nitrogens with two attached hydrogens (primary N) is 1. The summed E-state index contributed by atoms with van der Waals surface area (Å²) in [5, 5.41) is 0. The lowest BCUT2D eigenvalue weighted by atomic mass is 9.94. The largest absolute Gasteiger partial charge is 0.461 e. The smallest absolute Gasteiger partial charge is 0.130 e. The summed E-state index contributed by atoms with van der Waals surface area (Å²) in [6.07, 6.45) is 13.7. The first-order valence-electron chi connectivity index (χ1n) is 12.5. The van der Waals surface area contributed by atoms with Crippen LogP contribution in [-0.2, 0) is 13.0 Å². The summed E-state index contributed by atoms with van der Waals surface area (Å²) in [7, 11) is 0. The van der Waals surface area contributed by atoms with Crippen LogP contribution in [0.1, 0.15) is 35.1 Å². The molecule has 5 rings (SSSR count). The van der Waals surface area contributed by atoms with Crippen molar-refractivity contribution in [3.63, 3.8) is 0 Å². The van der Waals surface area contributed by atoms with Crippen molar-refractivity contribution in [3.05, 3.63) is 150 Å². The van der Waals surface area contributed by atoms with Crippen LogP contribution in [0.25, 0.3) is 5.57 Å². The number of fused-ring (bicyclic) bond motifs is 2. The first-order valence-corrected chi connectivity index (χ1v) is 12.5. The van der Waals surface area contributed by atoms with Gasteiger partial charge in [-0.05, 0) is 46.5 Å². The number of rotatable bonds is 5. The molecule has 0 aromatic heterocycles. The van der Waals surface area contributed by atoms with E-state index in [1.165, 1.54) is 28.0 Å². The van der Waals surface area contributed by atoms with Crippen molar-refractivity contribution in [3.8, 4) is 5.75 Å². The van der Waals surface area contributed by atoms with Gasteiger partial charge in [0.2, 0.25) is 0 Å².